The average Bonchev–Trinajstić information content (AvgIpc) is 2.57. The molecule has 12 heavy (non-hydrogen) atoms. The summed E-state index contributed by atoms with van der Waals surface area (Å²) in [6.07, 6.45) is 3.58. The highest BCUT2D eigenvalue weighted by atomic mass is 14.8. The maximum absolute atomic E-state index is 5.73. The number of rotatable bonds is 1. The standard InChI is InChI=1S/C9H9N3/c10-7-3-1-6-12-9(7)8-4-2-5-11-8/h1-6,11H,10H2. The summed E-state index contributed by atoms with van der Waals surface area (Å²) in [5.41, 5.74) is 8.18. The zero-order valence-electron chi connectivity index (χ0n) is 6.49. The Balaban J connectivity index is 2.55. The molecule has 0 bridgehead atoms. The lowest BCUT2D eigenvalue weighted by Crippen LogP contribution is -1.91. The second kappa shape index (κ2) is 2.70. The Labute approximate surface area is 70.3 Å². The Bertz CT molecular complexity index is 365. The monoisotopic (exact) mass is 159 g/mol. The van der Waals surface area contributed by atoms with Gasteiger partial charge < -0.3 is 10.7 Å². The Morgan fingerprint density at radius 3 is 2.83 bits per heavy atom. The molecule has 0 amide bonds. The lowest BCUT2D eigenvalue weighted by Gasteiger charge is -1.99. The molecule has 0 aromatic carbocycles. The van der Waals surface area contributed by atoms with Gasteiger partial charge in [-0.2, -0.15) is 0 Å². The summed E-state index contributed by atoms with van der Waals surface area (Å²) in [5.74, 6) is 0. The first kappa shape index (κ1) is 6.91. The normalized spacial score (nSPS) is 10.0. The third-order valence-corrected chi connectivity index (χ3v) is 1.69. The van der Waals surface area contributed by atoms with E-state index in [-0.39, 0.29) is 0 Å². The Morgan fingerprint density at radius 1 is 1.25 bits per heavy atom. The van der Waals surface area contributed by atoms with E-state index in [4.69, 9.17) is 5.73 Å². The minimum absolute atomic E-state index is 0.694. The fraction of sp³-hybridized carbons (Fsp3) is 0. The van der Waals surface area contributed by atoms with Crippen LogP contribution in [-0.4, -0.2) is 9.97 Å². The van der Waals surface area contributed by atoms with Crippen molar-refractivity contribution in [1.82, 2.24) is 9.97 Å². The maximum Gasteiger partial charge on any atom is 0.109 e. The number of anilines is 1. The predicted molar refractivity (Wildman–Crippen MR) is 48.4 cm³/mol. The average molecular weight is 159 g/mol. The van der Waals surface area contributed by atoms with Crippen molar-refractivity contribution in [3.8, 4) is 11.4 Å². The molecule has 0 spiro atoms. The molecule has 0 unspecified atom stereocenters. The van der Waals surface area contributed by atoms with Gasteiger partial charge in [0.25, 0.3) is 0 Å². The quantitative estimate of drug-likeness (QED) is 0.664. The summed E-state index contributed by atoms with van der Waals surface area (Å²) in [6.45, 7) is 0. The third-order valence-electron chi connectivity index (χ3n) is 1.69. The van der Waals surface area contributed by atoms with E-state index < -0.39 is 0 Å². The number of aromatic nitrogens is 2. The molecule has 0 atom stereocenters. The topological polar surface area (TPSA) is 54.7 Å². The van der Waals surface area contributed by atoms with Crippen molar-refractivity contribution in [2.45, 2.75) is 0 Å². The minimum Gasteiger partial charge on any atom is -0.397 e. The number of nitrogens with one attached hydrogen (secondary N) is 1. The van der Waals surface area contributed by atoms with Gasteiger partial charge in [0.05, 0.1) is 11.4 Å². The number of nitrogens with two attached hydrogens (primary N) is 1. The number of pyridine rings is 1. The van der Waals surface area contributed by atoms with Crippen molar-refractivity contribution in [2.24, 2.45) is 0 Å². The number of nitrogen functional groups attached to an aromatic ring is 1. The lowest BCUT2D eigenvalue weighted by molar-refractivity contribution is 1.28. The largest absolute Gasteiger partial charge is 0.397 e. The van der Waals surface area contributed by atoms with Crippen LogP contribution < -0.4 is 5.73 Å². The van der Waals surface area contributed by atoms with Gasteiger partial charge in [0.15, 0.2) is 0 Å². The predicted octanol–water partition coefficient (Wildman–Crippen LogP) is 1.66. The van der Waals surface area contributed by atoms with Crippen LogP contribution in [0.3, 0.4) is 0 Å². The molecule has 0 radical (unpaired) electrons. The van der Waals surface area contributed by atoms with E-state index >= 15 is 0 Å². The number of aromatic amines is 1. The highest BCUT2D eigenvalue weighted by Gasteiger charge is 2.01. The molecular weight excluding hydrogens is 150 g/mol. The molecule has 2 heterocycles. The molecule has 2 aromatic heterocycles. The van der Waals surface area contributed by atoms with Crippen LogP contribution in [0.4, 0.5) is 5.69 Å². The van der Waals surface area contributed by atoms with E-state index in [0.29, 0.717) is 5.69 Å². The molecule has 0 saturated carbocycles. The fourth-order valence-electron chi connectivity index (χ4n) is 1.12. The van der Waals surface area contributed by atoms with Gasteiger partial charge in [-0.15, -0.1) is 0 Å². The molecule has 0 aliphatic rings. The Kier molecular flexibility index (Phi) is 1.55. The second-order valence-corrected chi connectivity index (χ2v) is 2.53. The highest BCUT2D eigenvalue weighted by molar-refractivity contribution is 5.69. The summed E-state index contributed by atoms with van der Waals surface area (Å²) in [5, 5.41) is 0. The van der Waals surface area contributed by atoms with Gasteiger partial charge in [0.1, 0.15) is 5.69 Å². The lowest BCUT2D eigenvalue weighted by atomic mass is 10.2. The van der Waals surface area contributed by atoms with Crippen LogP contribution in [0, 0.1) is 0 Å². The van der Waals surface area contributed by atoms with Crippen LogP contribution in [0.25, 0.3) is 11.4 Å². The van der Waals surface area contributed by atoms with Gasteiger partial charge in [0, 0.05) is 12.4 Å². The summed E-state index contributed by atoms with van der Waals surface area (Å²) in [7, 11) is 0. The molecule has 3 nitrogen and oxygen atoms in total. The van der Waals surface area contributed by atoms with E-state index in [1.807, 2.05) is 30.5 Å². The van der Waals surface area contributed by atoms with E-state index in [0.717, 1.165) is 11.4 Å². The van der Waals surface area contributed by atoms with Crippen molar-refractivity contribution >= 4 is 5.69 Å². The molecule has 0 fully saturated rings. The van der Waals surface area contributed by atoms with Crippen LogP contribution in [0.15, 0.2) is 36.7 Å². The molecule has 0 saturated heterocycles. The van der Waals surface area contributed by atoms with Crippen LogP contribution in [0.5, 0.6) is 0 Å². The van der Waals surface area contributed by atoms with E-state index in [9.17, 15) is 0 Å². The Morgan fingerprint density at radius 2 is 2.17 bits per heavy atom. The zero-order chi connectivity index (χ0) is 8.39. The molecule has 3 N–H and O–H groups in total. The van der Waals surface area contributed by atoms with Gasteiger partial charge in [-0.1, -0.05) is 0 Å². The molecular formula is C9H9N3. The van der Waals surface area contributed by atoms with Gasteiger partial charge in [0.2, 0.25) is 0 Å². The molecule has 0 aliphatic carbocycles. The van der Waals surface area contributed by atoms with Crippen molar-refractivity contribution in [3.05, 3.63) is 36.7 Å². The first-order valence-corrected chi connectivity index (χ1v) is 3.72. The third kappa shape index (κ3) is 1.05. The van der Waals surface area contributed by atoms with Gasteiger partial charge in [-0.05, 0) is 24.3 Å². The molecule has 0 aliphatic heterocycles. The SMILES string of the molecule is Nc1cccnc1-c1ccc[nH]1. The van der Waals surface area contributed by atoms with Crippen LogP contribution in [0.2, 0.25) is 0 Å². The summed E-state index contributed by atoms with van der Waals surface area (Å²) in [4.78, 5) is 7.22. The summed E-state index contributed by atoms with van der Waals surface area (Å²) < 4.78 is 0. The first-order chi connectivity index (χ1) is 5.88. The van der Waals surface area contributed by atoms with Crippen molar-refractivity contribution in [1.29, 1.82) is 0 Å². The Hall–Kier alpha value is -1.77. The highest BCUT2D eigenvalue weighted by Crippen LogP contribution is 2.19. The smallest absolute Gasteiger partial charge is 0.109 e. The zero-order valence-corrected chi connectivity index (χ0v) is 6.49. The molecule has 60 valence electrons. The fourth-order valence-corrected chi connectivity index (χ4v) is 1.12. The molecule has 2 aromatic rings. The number of hydrogen-bond acceptors (Lipinski definition) is 2. The van der Waals surface area contributed by atoms with E-state index in [1.54, 1.807) is 6.20 Å². The maximum atomic E-state index is 5.73. The summed E-state index contributed by atoms with van der Waals surface area (Å²) in [6, 6.07) is 7.52. The van der Waals surface area contributed by atoms with Crippen LogP contribution in [0.1, 0.15) is 0 Å². The molecule has 2 rings (SSSR count). The van der Waals surface area contributed by atoms with Gasteiger partial charge in [-0.25, -0.2) is 0 Å². The number of nitrogens with zero attached hydrogens (tertiary/aromatic N) is 1. The molecule has 3 heteroatoms. The first-order valence-electron chi connectivity index (χ1n) is 3.72. The number of hydrogen-bond donors (Lipinski definition) is 2. The number of H-pyrrole nitrogens is 1. The van der Waals surface area contributed by atoms with E-state index in [1.165, 1.54) is 0 Å². The van der Waals surface area contributed by atoms with Crippen LogP contribution in [-0.2, 0) is 0 Å². The minimum atomic E-state index is 0.694. The van der Waals surface area contributed by atoms with Crippen molar-refractivity contribution in [2.75, 3.05) is 5.73 Å². The van der Waals surface area contributed by atoms with E-state index in [2.05, 4.69) is 9.97 Å². The van der Waals surface area contributed by atoms with Gasteiger partial charge in [-0.3, -0.25) is 4.98 Å². The summed E-state index contributed by atoms with van der Waals surface area (Å²) >= 11 is 0. The second-order valence-electron chi connectivity index (χ2n) is 2.53. The van der Waals surface area contributed by atoms with Crippen LogP contribution >= 0.6 is 0 Å². The van der Waals surface area contributed by atoms with Crippen molar-refractivity contribution < 1.29 is 0 Å². The van der Waals surface area contributed by atoms with Crippen molar-refractivity contribution in [3.63, 3.8) is 0 Å². The van der Waals surface area contributed by atoms with Gasteiger partial charge >= 0.3 is 0 Å².